The molecule has 1 aromatic heterocycles. The molecule has 1 aliphatic rings. The number of urea groups is 1. The van der Waals surface area contributed by atoms with Gasteiger partial charge in [0, 0.05) is 42.2 Å². The fourth-order valence-corrected chi connectivity index (χ4v) is 2.96. The molecule has 0 radical (unpaired) electrons. The Balaban J connectivity index is 1.56. The molecule has 28 heavy (non-hydrogen) atoms. The Morgan fingerprint density at radius 2 is 2.07 bits per heavy atom. The molecule has 1 aromatic carbocycles. The van der Waals surface area contributed by atoms with E-state index in [9.17, 15) is 9.59 Å². The smallest absolute Gasteiger partial charge is 0.319 e. The minimum atomic E-state index is -0.330. The van der Waals surface area contributed by atoms with Crippen molar-refractivity contribution in [1.29, 1.82) is 0 Å². The van der Waals surface area contributed by atoms with Crippen LogP contribution in [0.3, 0.4) is 0 Å². The van der Waals surface area contributed by atoms with Crippen LogP contribution in [-0.2, 0) is 17.8 Å². The minimum Gasteiger partial charge on any atom is -0.383 e. The number of amides is 3. The molecule has 1 heterocycles. The fraction of sp³-hybridized carbons (Fsp3) is 0.450. The molecule has 1 saturated carbocycles. The SMILES string of the molecule is COCCn1nc(C)c(CNC(=O)Nc2cccc(C(=O)NC3CC3)c2)c1C. The van der Waals surface area contributed by atoms with Crippen LogP contribution in [0.15, 0.2) is 24.3 Å². The lowest BCUT2D eigenvalue weighted by Crippen LogP contribution is -2.29. The Morgan fingerprint density at radius 3 is 2.79 bits per heavy atom. The van der Waals surface area contributed by atoms with Crippen LogP contribution in [0.1, 0.15) is 40.2 Å². The summed E-state index contributed by atoms with van der Waals surface area (Å²) in [5.41, 5.74) is 3.99. The molecule has 0 atom stereocenters. The zero-order valence-corrected chi connectivity index (χ0v) is 16.5. The van der Waals surface area contributed by atoms with Crippen LogP contribution < -0.4 is 16.0 Å². The third-order valence-electron chi connectivity index (χ3n) is 4.76. The third kappa shape index (κ3) is 5.10. The maximum atomic E-state index is 12.3. The van der Waals surface area contributed by atoms with E-state index in [-0.39, 0.29) is 11.9 Å². The van der Waals surface area contributed by atoms with Crippen LogP contribution in [0.2, 0.25) is 0 Å². The lowest BCUT2D eigenvalue weighted by molar-refractivity contribution is 0.0951. The van der Waals surface area contributed by atoms with Crippen molar-refractivity contribution in [2.75, 3.05) is 19.0 Å². The number of anilines is 1. The highest BCUT2D eigenvalue weighted by molar-refractivity contribution is 5.97. The largest absolute Gasteiger partial charge is 0.383 e. The van der Waals surface area contributed by atoms with Gasteiger partial charge in [0.1, 0.15) is 0 Å². The van der Waals surface area contributed by atoms with Gasteiger partial charge in [-0.1, -0.05) is 6.07 Å². The molecule has 2 aromatic rings. The van der Waals surface area contributed by atoms with E-state index in [2.05, 4.69) is 21.0 Å². The summed E-state index contributed by atoms with van der Waals surface area (Å²) in [5.74, 6) is -0.110. The summed E-state index contributed by atoms with van der Waals surface area (Å²) in [7, 11) is 1.66. The summed E-state index contributed by atoms with van der Waals surface area (Å²) in [4.78, 5) is 24.4. The maximum absolute atomic E-state index is 12.3. The van der Waals surface area contributed by atoms with Gasteiger partial charge in [-0.25, -0.2) is 4.79 Å². The Kier molecular flexibility index (Phi) is 6.30. The molecular formula is C20H27N5O3. The summed E-state index contributed by atoms with van der Waals surface area (Å²) in [6, 6.07) is 6.89. The van der Waals surface area contributed by atoms with E-state index in [0.29, 0.717) is 37.0 Å². The van der Waals surface area contributed by atoms with Gasteiger partial charge in [-0.05, 0) is 44.9 Å². The highest BCUT2D eigenvalue weighted by atomic mass is 16.5. The first-order valence-electron chi connectivity index (χ1n) is 9.45. The highest BCUT2D eigenvalue weighted by Gasteiger charge is 2.23. The lowest BCUT2D eigenvalue weighted by Gasteiger charge is -2.10. The van der Waals surface area contributed by atoms with E-state index >= 15 is 0 Å². The van der Waals surface area contributed by atoms with E-state index in [1.165, 1.54) is 0 Å². The minimum absolute atomic E-state index is 0.110. The van der Waals surface area contributed by atoms with Crippen molar-refractivity contribution in [3.05, 3.63) is 46.8 Å². The summed E-state index contributed by atoms with van der Waals surface area (Å²) < 4.78 is 6.98. The van der Waals surface area contributed by atoms with Gasteiger partial charge in [0.2, 0.25) is 0 Å². The standard InChI is InChI=1S/C20H27N5O3/c1-13-18(14(2)25(24-13)9-10-28-3)12-21-20(27)23-17-6-4-5-15(11-17)19(26)22-16-7-8-16/h4-6,11,16H,7-10,12H2,1-3H3,(H,22,26)(H2,21,23,27). The first kappa shape index (κ1) is 19.9. The molecule has 1 fully saturated rings. The predicted molar refractivity (Wildman–Crippen MR) is 106 cm³/mol. The molecule has 1 aliphatic carbocycles. The first-order chi connectivity index (χ1) is 13.5. The van der Waals surface area contributed by atoms with E-state index in [1.54, 1.807) is 31.4 Å². The van der Waals surface area contributed by atoms with Gasteiger partial charge in [-0.3, -0.25) is 9.48 Å². The molecule has 0 spiro atoms. The second kappa shape index (κ2) is 8.88. The van der Waals surface area contributed by atoms with E-state index < -0.39 is 0 Å². The van der Waals surface area contributed by atoms with Crippen molar-refractivity contribution >= 4 is 17.6 Å². The van der Waals surface area contributed by atoms with Gasteiger partial charge >= 0.3 is 6.03 Å². The molecule has 3 amide bonds. The quantitative estimate of drug-likeness (QED) is 0.650. The Hall–Kier alpha value is -2.87. The van der Waals surface area contributed by atoms with Crippen LogP contribution >= 0.6 is 0 Å². The van der Waals surface area contributed by atoms with Gasteiger partial charge in [0.05, 0.1) is 18.8 Å². The van der Waals surface area contributed by atoms with Crippen molar-refractivity contribution in [3.63, 3.8) is 0 Å². The number of aromatic nitrogens is 2. The monoisotopic (exact) mass is 385 g/mol. The first-order valence-corrected chi connectivity index (χ1v) is 9.45. The number of ether oxygens (including phenoxy) is 1. The molecule has 0 aliphatic heterocycles. The molecule has 150 valence electrons. The summed E-state index contributed by atoms with van der Waals surface area (Å²) in [5, 5.41) is 13.1. The Bertz CT molecular complexity index is 858. The number of methoxy groups -OCH3 is 1. The number of carbonyl (C=O) groups excluding carboxylic acids is 2. The number of nitrogens with zero attached hydrogens (tertiary/aromatic N) is 2. The average molecular weight is 385 g/mol. The summed E-state index contributed by atoms with van der Waals surface area (Å²) in [6.07, 6.45) is 2.07. The third-order valence-corrected chi connectivity index (χ3v) is 4.76. The highest BCUT2D eigenvalue weighted by Crippen LogP contribution is 2.20. The predicted octanol–water partition coefficient (Wildman–Crippen LogP) is 2.36. The number of hydrogen-bond donors (Lipinski definition) is 3. The van der Waals surface area contributed by atoms with Crippen LogP contribution in [0.5, 0.6) is 0 Å². The number of rotatable bonds is 8. The van der Waals surface area contributed by atoms with Gasteiger partial charge in [-0.15, -0.1) is 0 Å². The number of hydrogen-bond acceptors (Lipinski definition) is 4. The Morgan fingerprint density at radius 1 is 1.29 bits per heavy atom. The average Bonchev–Trinajstić information content (AvgIpc) is 3.44. The fourth-order valence-electron chi connectivity index (χ4n) is 2.96. The topological polar surface area (TPSA) is 97.3 Å². The van der Waals surface area contributed by atoms with Crippen molar-refractivity contribution in [3.8, 4) is 0 Å². The number of benzene rings is 1. The van der Waals surface area contributed by atoms with E-state index in [0.717, 1.165) is 29.8 Å². The molecule has 0 unspecified atom stereocenters. The van der Waals surface area contributed by atoms with Crippen molar-refractivity contribution in [2.45, 2.75) is 45.8 Å². The second-order valence-electron chi connectivity index (χ2n) is 7.00. The maximum Gasteiger partial charge on any atom is 0.319 e. The molecule has 8 heteroatoms. The van der Waals surface area contributed by atoms with Crippen LogP contribution in [0, 0.1) is 13.8 Å². The Labute approximate surface area is 164 Å². The van der Waals surface area contributed by atoms with Crippen LogP contribution in [0.25, 0.3) is 0 Å². The number of carbonyl (C=O) groups is 2. The number of nitrogens with one attached hydrogen (secondary N) is 3. The van der Waals surface area contributed by atoms with Crippen molar-refractivity contribution in [2.24, 2.45) is 0 Å². The normalized spacial score (nSPS) is 13.2. The number of aryl methyl sites for hydroxylation is 1. The lowest BCUT2D eigenvalue weighted by atomic mass is 10.2. The van der Waals surface area contributed by atoms with Crippen LogP contribution in [-0.4, -0.2) is 41.5 Å². The van der Waals surface area contributed by atoms with Gasteiger partial charge < -0.3 is 20.7 Å². The summed E-state index contributed by atoms with van der Waals surface area (Å²) in [6.45, 7) is 5.53. The van der Waals surface area contributed by atoms with E-state index in [4.69, 9.17) is 4.74 Å². The van der Waals surface area contributed by atoms with Gasteiger partial charge in [0.15, 0.2) is 0 Å². The van der Waals surface area contributed by atoms with Crippen molar-refractivity contribution < 1.29 is 14.3 Å². The van der Waals surface area contributed by atoms with E-state index in [1.807, 2.05) is 18.5 Å². The zero-order valence-electron chi connectivity index (χ0n) is 16.5. The zero-order chi connectivity index (χ0) is 20.1. The molecule has 3 rings (SSSR count). The molecule has 0 bridgehead atoms. The van der Waals surface area contributed by atoms with Crippen molar-refractivity contribution in [1.82, 2.24) is 20.4 Å². The van der Waals surface area contributed by atoms with Gasteiger partial charge in [0.25, 0.3) is 5.91 Å². The van der Waals surface area contributed by atoms with Gasteiger partial charge in [-0.2, -0.15) is 5.10 Å². The molecular weight excluding hydrogens is 358 g/mol. The summed E-state index contributed by atoms with van der Waals surface area (Å²) >= 11 is 0. The molecule has 0 saturated heterocycles. The molecule has 3 N–H and O–H groups in total. The second-order valence-corrected chi connectivity index (χ2v) is 7.00. The van der Waals surface area contributed by atoms with Crippen LogP contribution in [0.4, 0.5) is 10.5 Å². The molecule has 8 nitrogen and oxygen atoms in total.